The molecule has 1 amide bonds. The Bertz CT molecular complexity index is 854. The van der Waals surface area contributed by atoms with Crippen LogP contribution in [0.3, 0.4) is 0 Å². The van der Waals surface area contributed by atoms with Crippen molar-refractivity contribution in [3.8, 4) is 6.07 Å². The molecule has 0 spiro atoms. The number of hydrogen-bond acceptors (Lipinski definition) is 3. The Morgan fingerprint density at radius 2 is 2.17 bits per heavy atom. The van der Waals surface area contributed by atoms with Crippen LogP contribution >= 0.6 is 0 Å². The van der Waals surface area contributed by atoms with Gasteiger partial charge in [-0.2, -0.15) is 5.26 Å². The number of para-hydroxylation sites is 1. The fourth-order valence-corrected chi connectivity index (χ4v) is 2.95. The Morgan fingerprint density at radius 3 is 2.88 bits per heavy atom. The zero-order chi connectivity index (χ0) is 16.9. The number of nitrogens with one attached hydrogen (secondary N) is 1. The van der Waals surface area contributed by atoms with Gasteiger partial charge < -0.3 is 9.88 Å². The van der Waals surface area contributed by atoms with E-state index in [1.54, 1.807) is 12.3 Å². The van der Waals surface area contributed by atoms with Gasteiger partial charge in [-0.1, -0.05) is 24.3 Å². The number of aromatic nitrogens is 1. The number of aliphatic imine (C=N–C) groups is 1. The fraction of sp³-hybridized carbons (Fsp3) is 0.211. The highest BCUT2D eigenvalue weighted by atomic mass is 16.2. The molecule has 1 aliphatic rings. The molecule has 1 aromatic carbocycles. The van der Waals surface area contributed by atoms with E-state index in [1.165, 1.54) is 0 Å². The first-order valence-corrected chi connectivity index (χ1v) is 7.93. The zero-order valence-electron chi connectivity index (χ0n) is 13.5. The second-order valence-electron chi connectivity index (χ2n) is 5.51. The van der Waals surface area contributed by atoms with Crippen molar-refractivity contribution in [1.82, 2.24) is 4.57 Å². The summed E-state index contributed by atoms with van der Waals surface area (Å²) in [7, 11) is 0. The zero-order valence-corrected chi connectivity index (χ0v) is 13.5. The summed E-state index contributed by atoms with van der Waals surface area (Å²) in [5.41, 5.74) is 3.05. The topological polar surface area (TPSA) is 70.2 Å². The Morgan fingerprint density at radius 1 is 1.38 bits per heavy atom. The lowest BCUT2D eigenvalue weighted by molar-refractivity contribution is 0.101. The number of amides is 1. The van der Waals surface area contributed by atoms with Crippen LogP contribution in [-0.2, 0) is 13.0 Å². The van der Waals surface area contributed by atoms with Crippen LogP contribution in [0.5, 0.6) is 0 Å². The van der Waals surface area contributed by atoms with Gasteiger partial charge in [0, 0.05) is 24.1 Å². The van der Waals surface area contributed by atoms with E-state index < -0.39 is 0 Å². The highest BCUT2D eigenvalue weighted by Gasteiger charge is 2.29. The summed E-state index contributed by atoms with van der Waals surface area (Å²) in [5, 5.41) is 12.4. The summed E-state index contributed by atoms with van der Waals surface area (Å²) in [5.74, 6) is -0.238. The van der Waals surface area contributed by atoms with Crippen molar-refractivity contribution in [2.75, 3.05) is 5.32 Å². The number of rotatable bonds is 4. The molecule has 24 heavy (non-hydrogen) atoms. The van der Waals surface area contributed by atoms with Gasteiger partial charge in [-0.15, -0.1) is 0 Å². The van der Waals surface area contributed by atoms with E-state index in [-0.39, 0.29) is 5.91 Å². The van der Waals surface area contributed by atoms with Crippen LogP contribution in [0.15, 0.2) is 47.5 Å². The van der Waals surface area contributed by atoms with Crippen LogP contribution in [0.25, 0.3) is 0 Å². The van der Waals surface area contributed by atoms with Gasteiger partial charge in [0.2, 0.25) is 0 Å². The van der Waals surface area contributed by atoms with Crippen LogP contribution in [0.4, 0.5) is 11.4 Å². The van der Waals surface area contributed by atoms with Crippen molar-refractivity contribution >= 4 is 23.5 Å². The molecule has 0 atom stereocenters. The van der Waals surface area contributed by atoms with Crippen molar-refractivity contribution in [2.45, 2.75) is 26.3 Å². The predicted molar refractivity (Wildman–Crippen MR) is 94.8 cm³/mol. The normalized spacial score (nSPS) is 13.3. The lowest BCUT2D eigenvalue weighted by atomic mass is 10.1. The van der Waals surface area contributed by atoms with Crippen LogP contribution in [0, 0.1) is 11.3 Å². The molecule has 2 heterocycles. The summed E-state index contributed by atoms with van der Waals surface area (Å²) < 4.78 is 1.93. The Labute approximate surface area is 140 Å². The lowest BCUT2D eigenvalue weighted by Crippen LogP contribution is -2.16. The van der Waals surface area contributed by atoms with E-state index in [1.807, 2.05) is 47.9 Å². The number of allylic oxidation sites excluding steroid dienone is 2. The summed E-state index contributed by atoms with van der Waals surface area (Å²) in [4.78, 5) is 17.2. The quantitative estimate of drug-likeness (QED) is 0.870. The number of nitriles is 1. The first-order chi connectivity index (χ1) is 11.8. The lowest BCUT2D eigenvalue weighted by Gasteiger charge is -2.08. The highest BCUT2D eigenvalue weighted by Crippen LogP contribution is 2.35. The van der Waals surface area contributed by atoms with Crippen LogP contribution in [0.2, 0.25) is 0 Å². The fourth-order valence-electron chi connectivity index (χ4n) is 2.95. The van der Waals surface area contributed by atoms with Gasteiger partial charge in [-0.05, 0) is 38.0 Å². The number of nitrogens with zero attached hydrogens (tertiary/aromatic N) is 3. The minimum Gasteiger partial charge on any atom is -0.337 e. The molecule has 0 aliphatic carbocycles. The first kappa shape index (κ1) is 15.8. The minimum atomic E-state index is -0.238. The summed E-state index contributed by atoms with van der Waals surface area (Å²) >= 11 is 0. The van der Waals surface area contributed by atoms with Gasteiger partial charge in [-0.3, -0.25) is 9.79 Å². The highest BCUT2D eigenvalue weighted by molar-refractivity contribution is 6.08. The van der Waals surface area contributed by atoms with Crippen molar-refractivity contribution in [3.05, 3.63) is 59.4 Å². The molecule has 0 saturated carbocycles. The second kappa shape index (κ2) is 6.97. The van der Waals surface area contributed by atoms with E-state index in [0.29, 0.717) is 16.9 Å². The number of carbonyl (C=O) groups is 1. The standard InChI is InChI=1S/C19H18N4O/c1-2-3-11-21-17-15(13-20)16-10-7-12-23(16)18(17)19(24)22-14-8-5-4-6-9-14/h2-6,8-9,11H,7,10,12H2,1H3,(H,22,24). The molecular formula is C19H18N4O. The maximum absolute atomic E-state index is 12.8. The SMILES string of the molecule is CC=CC=Nc1c(C#N)c2n(c1C(=O)Nc1ccccc1)CCC2. The van der Waals surface area contributed by atoms with Crippen molar-refractivity contribution in [3.63, 3.8) is 0 Å². The molecule has 0 saturated heterocycles. The van der Waals surface area contributed by atoms with E-state index in [2.05, 4.69) is 16.4 Å². The third kappa shape index (κ3) is 2.86. The summed E-state index contributed by atoms with van der Waals surface area (Å²) in [6, 6.07) is 11.5. The van der Waals surface area contributed by atoms with Gasteiger partial charge in [-0.25, -0.2) is 0 Å². The third-order valence-corrected chi connectivity index (χ3v) is 3.98. The number of benzene rings is 1. The largest absolute Gasteiger partial charge is 0.337 e. The first-order valence-electron chi connectivity index (χ1n) is 7.93. The molecule has 5 nitrogen and oxygen atoms in total. The molecule has 3 rings (SSSR count). The minimum absolute atomic E-state index is 0.238. The Kier molecular flexibility index (Phi) is 4.57. The molecule has 0 radical (unpaired) electrons. The van der Waals surface area contributed by atoms with Crippen molar-refractivity contribution in [1.29, 1.82) is 5.26 Å². The van der Waals surface area contributed by atoms with Gasteiger partial charge in [0.15, 0.2) is 0 Å². The molecule has 0 unspecified atom stereocenters. The van der Waals surface area contributed by atoms with Crippen LogP contribution < -0.4 is 5.32 Å². The van der Waals surface area contributed by atoms with Gasteiger partial charge in [0.1, 0.15) is 17.5 Å². The Balaban J connectivity index is 2.05. The summed E-state index contributed by atoms with van der Waals surface area (Å²) in [6.07, 6.45) is 6.99. The van der Waals surface area contributed by atoms with Gasteiger partial charge >= 0.3 is 0 Å². The average Bonchev–Trinajstić information content (AvgIpc) is 3.15. The predicted octanol–water partition coefficient (Wildman–Crippen LogP) is 3.84. The smallest absolute Gasteiger partial charge is 0.274 e. The molecule has 1 N–H and O–H groups in total. The molecular weight excluding hydrogens is 300 g/mol. The molecule has 0 fully saturated rings. The van der Waals surface area contributed by atoms with Crippen molar-refractivity contribution < 1.29 is 4.79 Å². The maximum Gasteiger partial charge on any atom is 0.274 e. The number of anilines is 1. The monoisotopic (exact) mass is 318 g/mol. The molecule has 0 bridgehead atoms. The number of hydrogen-bond donors (Lipinski definition) is 1. The van der Waals surface area contributed by atoms with Crippen LogP contribution in [-0.4, -0.2) is 16.7 Å². The molecule has 120 valence electrons. The molecule has 5 heteroatoms. The van der Waals surface area contributed by atoms with Crippen molar-refractivity contribution in [2.24, 2.45) is 4.99 Å². The van der Waals surface area contributed by atoms with E-state index >= 15 is 0 Å². The third-order valence-electron chi connectivity index (χ3n) is 3.98. The molecule has 1 aliphatic heterocycles. The van der Waals surface area contributed by atoms with E-state index in [9.17, 15) is 10.1 Å². The second-order valence-corrected chi connectivity index (χ2v) is 5.51. The Hall–Kier alpha value is -3.13. The maximum atomic E-state index is 12.8. The average molecular weight is 318 g/mol. The van der Waals surface area contributed by atoms with E-state index in [4.69, 9.17) is 0 Å². The number of fused-ring (bicyclic) bond motifs is 1. The van der Waals surface area contributed by atoms with Gasteiger partial charge in [0.25, 0.3) is 5.91 Å². The van der Waals surface area contributed by atoms with Crippen LogP contribution in [0.1, 0.15) is 35.1 Å². The van der Waals surface area contributed by atoms with E-state index in [0.717, 1.165) is 30.8 Å². The molecule has 2 aromatic rings. The summed E-state index contributed by atoms with van der Waals surface area (Å²) in [6.45, 7) is 2.63. The van der Waals surface area contributed by atoms with Gasteiger partial charge in [0.05, 0.1) is 5.56 Å². The molecule has 1 aromatic heterocycles. The number of carbonyl (C=O) groups excluding carboxylic acids is 1.